The quantitative estimate of drug-likeness (QED) is 0.0848. The molecule has 2 saturated heterocycles. The third kappa shape index (κ3) is 56.0. The maximum absolute atomic E-state index is 11.7. The van der Waals surface area contributed by atoms with Crippen LogP contribution in [0.3, 0.4) is 0 Å². The Morgan fingerprint density at radius 2 is 0.417 bits per heavy atom. The van der Waals surface area contributed by atoms with E-state index in [1.54, 1.807) is 87.9 Å². The maximum atomic E-state index is 11.7. The summed E-state index contributed by atoms with van der Waals surface area (Å²) in [7, 11) is 3.76. The Balaban J connectivity index is -0.000000721. The second-order valence-corrected chi connectivity index (χ2v) is 65.8. The van der Waals surface area contributed by atoms with Crippen LogP contribution in [-0.2, 0) is 57.5 Å². The molecule has 0 saturated carbocycles. The van der Waals surface area contributed by atoms with Crippen LogP contribution < -0.4 is 0 Å². The molecule has 746 valence electrons. The fraction of sp³-hybridized carbons (Fsp3) is 0.641. The van der Waals surface area contributed by atoms with Gasteiger partial charge in [-0.3, -0.25) is 52.7 Å². The van der Waals surface area contributed by atoms with Crippen LogP contribution in [0.25, 0.3) is 0 Å². The number of nitrogens with zero attached hydrogens (tertiary/aromatic N) is 5. The number of ketones is 11. The lowest BCUT2D eigenvalue weighted by Crippen LogP contribution is -2.50. The lowest BCUT2D eigenvalue weighted by atomic mass is 10.0. The van der Waals surface area contributed by atoms with Crippen LogP contribution in [0.1, 0.15) is 253 Å². The van der Waals surface area contributed by atoms with Crippen molar-refractivity contribution >= 4 is 390 Å². The van der Waals surface area contributed by atoms with Gasteiger partial charge in [-0.15, -0.1) is 35.3 Å². The van der Waals surface area contributed by atoms with Crippen molar-refractivity contribution in [3.05, 3.63) is 71.8 Å². The fourth-order valence-electron chi connectivity index (χ4n) is 7.51. The van der Waals surface area contributed by atoms with E-state index in [2.05, 4.69) is 69.8 Å². The van der Waals surface area contributed by atoms with Gasteiger partial charge < -0.3 is 24.5 Å². The second-order valence-electron chi connectivity index (χ2n) is 36.1. The highest BCUT2D eigenvalue weighted by molar-refractivity contribution is 8.49. The summed E-state index contributed by atoms with van der Waals surface area (Å²) in [6.45, 7) is 69.3. The number of thioether (sulfide) groups is 14. The second kappa shape index (κ2) is 62.3. The van der Waals surface area contributed by atoms with Gasteiger partial charge >= 0.3 is 0 Å². The minimum absolute atomic E-state index is 0.00577. The van der Waals surface area contributed by atoms with E-state index in [9.17, 15) is 52.7 Å². The summed E-state index contributed by atoms with van der Waals surface area (Å²) in [4.78, 5) is 136. The zero-order chi connectivity index (χ0) is 105. The van der Waals surface area contributed by atoms with E-state index in [1.165, 1.54) is 158 Å². The monoisotopic (exact) mass is 2260 g/mol. The topological polar surface area (TPSA) is 204 Å². The van der Waals surface area contributed by atoms with Crippen LogP contribution in [-0.4, -0.2) is 259 Å². The summed E-state index contributed by atoms with van der Waals surface area (Å²) in [5, 5.41) is 0. The lowest BCUT2D eigenvalue weighted by Gasteiger charge is -2.39. The number of carbonyl (C=O) groups excluding carboxylic acids is 11. The number of carbonyl (C=O) groups is 11. The summed E-state index contributed by atoms with van der Waals surface area (Å²) >= 11 is 73.3. The Morgan fingerprint density at radius 1 is 0.250 bits per heavy atom. The van der Waals surface area contributed by atoms with Gasteiger partial charge in [0.15, 0.2) is 0 Å². The molecule has 2 aliphatic heterocycles. The predicted molar refractivity (Wildman–Crippen MR) is 641 cm³/mol. The molecule has 132 heavy (non-hydrogen) atoms. The molecule has 0 unspecified atom stereocenters. The SMILES string of the molecule is CC(=O)C(C)(C)SC(=S)N(C)C.CC(=O)C(C)(C)SC(=S)N1CCN(C(=S)SC(C)(C)C(C)=O)CC1.CC(=O)C(C)(C)SC(=S)N1CCN(C(=S)SC(C)(C)C(C)=O)CC1.CC(=O)C(C)(C)SC(=S)SC(C)(C)C(C)=O.CC(=O)C(C)(C)SC(=S)SC(C)(C)C(C)=O.CC(C)(SC(=S)c1ccccc1)c1ccccc1.CSC(=S)SC(C)(C)C(C)=O.CSC(=S)SC(C)(C)C(C)=O. The minimum Gasteiger partial charge on any atom is -0.364 e. The van der Waals surface area contributed by atoms with Crippen LogP contribution >= 0.6 is 287 Å². The Bertz CT molecular complexity index is 4020. The van der Waals surface area contributed by atoms with Gasteiger partial charge in [-0.05, 0) is 266 Å². The first-order valence-electron chi connectivity index (χ1n) is 41.5. The predicted octanol–water partition coefficient (Wildman–Crippen LogP) is 26.1. The molecule has 2 aliphatic rings. The van der Waals surface area contributed by atoms with Crippen LogP contribution in [0, 0.1) is 0 Å². The van der Waals surface area contributed by atoms with Gasteiger partial charge in [-0.2, -0.15) is 0 Å². The Hall–Kier alpha value is -0.390. The third-order valence-corrected chi connectivity index (χ3v) is 42.2. The number of Topliss-reactive ketones (excluding diaryl/α,β-unsaturated/α-hetero) is 11. The molecule has 0 bridgehead atoms. The van der Waals surface area contributed by atoms with E-state index in [0.29, 0.717) is 7.06 Å². The minimum atomic E-state index is -0.517. The first-order valence-corrected chi connectivity index (χ1v) is 57.9. The zero-order valence-electron chi connectivity index (χ0n) is 84.5. The number of piperazine rings is 2. The Labute approximate surface area is 907 Å². The molecule has 0 aromatic heterocycles. The number of benzene rings is 2. The van der Waals surface area contributed by atoms with Crippen molar-refractivity contribution in [3.63, 3.8) is 0 Å². The van der Waals surface area contributed by atoms with Gasteiger partial charge in [-0.25, -0.2) is 0 Å². The van der Waals surface area contributed by atoms with Crippen molar-refractivity contribution < 1.29 is 52.7 Å². The van der Waals surface area contributed by atoms with E-state index >= 15 is 0 Å². The maximum Gasteiger partial charge on any atom is 0.145 e. The van der Waals surface area contributed by atoms with Crippen molar-refractivity contribution in [2.45, 2.75) is 299 Å². The molecule has 16 nitrogen and oxygen atoms in total. The van der Waals surface area contributed by atoms with Gasteiger partial charge in [-0.1, -0.05) is 312 Å². The summed E-state index contributed by atoms with van der Waals surface area (Å²) in [5.74, 6) is 1.31. The molecule has 0 N–H and O–H groups in total. The summed E-state index contributed by atoms with van der Waals surface area (Å²) in [5.41, 5.74) is 2.43. The molecule has 0 spiro atoms. The van der Waals surface area contributed by atoms with Crippen molar-refractivity contribution in [3.8, 4) is 0 Å². The number of rotatable bonds is 25. The number of hydrogen-bond donors (Lipinski definition) is 0. The van der Waals surface area contributed by atoms with Crippen LogP contribution in [0.2, 0.25) is 0 Å². The third-order valence-electron chi connectivity index (χ3n) is 20.2. The lowest BCUT2D eigenvalue weighted by molar-refractivity contribution is -0.119. The summed E-state index contributed by atoms with van der Waals surface area (Å²) in [6.07, 6.45) is 3.84. The van der Waals surface area contributed by atoms with Crippen molar-refractivity contribution in [2.75, 3.05) is 79.0 Å². The summed E-state index contributed by atoms with van der Waals surface area (Å²) < 4.78 is 2.49. The smallest absolute Gasteiger partial charge is 0.145 e. The zero-order valence-corrected chi connectivity index (χ0v) is 104. The van der Waals surface area contributed by atoms with E-state index in [4.69, 9.17) is 122 Å². The molecule has 2 aromatic carbocycles. The molecule has 0 atom stereocenters. The molecule has 2 fully saturated rings. The van der Waals surface area contributed by atoms with Gasteiger partial charge in [0.25, 0.3) is 0 Å². The van der Waals surface area contributed by atoms with Crippen molar-refractivity contribution in [2.24, 2.45) is 0 Å². The standard InChI is InChI=1S/2C16H26N2O2S4.C16H16S2.2C11H18O2S3.C8H15NOS2.2C7H12OS3/c2*1-11(19)15(3,4)23-13(21)17-7-9-18(10-8-17)14(22)24-16(5,6)12(2)20;1-16(2,14-11-7-4-8-12-14)18-15(17)13-9-5-3-6-10-13;2*1-7(12)10(3,4)15-9(14)16-11(5,6)8(2)13;1-6(10)8(2,3)12-7(11)9(4)5;2*1-5(8)7(2,3)11-6(9)10-4/h2*7-10H2,1-6H3;3-12H,1-2H3;2*1-6H3;1-5H3;2*1-4H3. The van der Waals surface area contributed by atoms with Gasteiger partial charge in [0.2, 0.25) is 0 Å². The van der Waals surface area contributed by atoms with Gasteiger partial charge in [0.05, 0.1) is 56.4 Å². The Kier molecular flexibility index (Phi) is 65.1. The van der Waals surface area contributed by atoms with E-state index in [0.717, 1.165) is 90.8 Å². The van der Waals surface area contributed by atoms with Crippen LogP contribution in [0.15, 0.2) is 60.7 Å². The van der Waals surface area contributed by atoms with Crippen LogP contribution in [0.5, 0.6) is 0 Å². The van der Waals surface area contributed by atoms with Crippen molar-refractivity contribution in [1.29, 1.82) is 0 Å². The number of hydrogen-bond acceptors (Lipinski definition) is 35. The fourth-order valence-corrected chi connectivity index (χ4v) is 29.3. The molecule has 4 rings (SSSR count). The highest BCUT2D eigenvalue weighted by Crippen LogP contribution is 2.43. The van der Waals surface area contributed by atoms with Gasteiger partial charge in [0, 0.05) is 71.2 Å². The molecule has 2 aromatic rings. The van der Waals surface area contributed by atoms with E-state index in [1.807, 2.05) is 208 Å². The van der Waals surface area contributed by atoms with Gasteiger partial charge in [0.1, 0.15) is 99.3 Å². The number of thiocarbonyl (C=S) groups is 10. The highest BCUT2D eigenvalue weighted by atomic mass is 32.2. The summed E-state index contributed by atoms with van der Waals surface area (Å²) in [6, 6.07) is 20.7. The molecule has 40 heteroatoms. The van der Waals surface area contributed by atoms with E-state index in [-0.39, 0.29) is 77.9 Å². The highest BCUT2D eigenvalue weighted by Gasteiger charge is 2.39. The average Bonchev–Trinajstić information content (AvgIpc) is 0.847. The Morgan fingerprint density at radius 3 is 0.591 bits per heavy atom. The molecule has 0 amide bonds. The molecular weight excluding hydrogens is 2120 g/mol. The van der Waals surface area contributed by atoms with Crippen molar-refractivity contribution in [1.82, 2.24) is 24.5 Å². The normalized spacial score (nSPS) is 13.3. The average molecular weight is 2260 g/mol. The molecule has 2 heterocycles. The first kappa shape index (κ1) is 138. The van der Waals surface area contributed by atoms with E-state index < -0.39 is 42.7 Å². The molecular formula is C92H143N5O11S24. The first-order chi connectivity index (χ1) is 59.4. The molecule has 0 aliphatic carbocycles. The largest absolute Gasteiger partial charge is 0.364 e. The van der Waals surface area contributed by atoms with Crippen LogP contribution in [0.4, 0.5) is 0 Å². The molecule has 0 radical (unpaired) electrons.